The predicted molar refractivity (Wildman–Crippen MR) is 114 cm³/mol. The number of hydrogen-bond donors (Lipinski definition) is 0. The summed E-state index contributed by atoms with van der Waals surface area (Å²) in [5.74, 6) is -0.461. The second-order valence-corrected chi connectivity index (χ2v) is 7.62. The maximum Gasteiger partial charge on any atom is 0.308 e. The van der Waals surface area contributed by atoms with Gasteiger partial charge in [0.1, 0.15) is 0 Å². The Bertz CT molecular complexity index is 887. The molecule has 0 aromatic heterocycles. The van der Waals surface area contributed by atoms with E-state index in [0.717, 1.165) is 16.3 Å². The van der Waals surface area contributed by atoms with Crippen molar-refractivity contribution in [2.75, 3.05) is 28.6 Å². The van der Waals surface area contributed by atoms with Crippen LogP contribution < -0.4 is 9.80 Å². The van der Waals surface area contributed by atoms with E-state index in [1.54, 1.807) is 16.7 Å². The first-order valence-electron chi connectivity index (χ1n) is 9.59. The minimum atomic E-state index is -0.900. The van der Waals surface area contributed by atoms with Gasteiger partial charge in [0.15, 0.2) is 6.10 Å². The monoisotopic (exact) mass is 412 g/mol. The fourth-order valence-electron chi connectivity index (χ4n) is 3.20. The molecule has 2 aromatic carbocycles. The van der Waals surface area contributed by atoms with E-state index in [4.69, 9.17) is 4.74 Å². The fourth-order valence-corrected chi connectivity index (χ4v) is 4.14. The molecule has 0 fully saturated rings. The fraction of sp³-hybridized carbons (Fsp3) is 0.318. The molecule has 29 heavy (non-hydrogen) atoms. The number of hydrogen-bond acceptors (Lipinski definition) is 5. The lowest BCUT2D eigenvalue weighted by molar-refractivity contribution is -0.153. The minimum Gasteiger partial charge on any atom is -0.452 e. The highest BCUT2D eigenvalue weighted by Crippen LogP contribution is 2.34. The zero-order valence-corrected chi connectivity index (χ0v) is 17.4. The summed E-state index contributed by atoms with van der Waals surface area (Å²) in [6.07, 6.45) is -0.873. The molecule has 1 aliphatic rings. The second-order valence-electron chi connectivity index (χ2n) is 6.60. The number of nitrogens with zero attached hydrogens (tertiary/aromatic N) is 2. The quantitative estimate of drug-likeness (QED) is 0.651. The van der Waals surface area contributed by atoms with Gasteiger partial charge in [0.25, 0.3) is 5.91 Å². The van der Waals surface area contributed by atoms with Crippen molar-refractivity contribution in [3.8, 4) is 0 Å². The van der Waals surface area contributed by atoms with Crippen LogP contribution in [0.4, 0.5) is 11.4 Å². The molecule has 0 bridgehead atoms. The van der Waals surface area contributed by atoms with Crippen molar-refractivity contribution in [2.45, 2.75) is 31.3 Å². The molecule has 0 saturated carbocycles. The Morgan fingerprint density at radius 3 is 2.55 bits per heavy atom. The summed E-state index contributed by atoms with van der Waals surface area (Å²) in [4.78, 5) is 41.5. The summed E-state index contributed by atoms with van der Waals surface area (Å²) in [6, 6.07) is 16.9. The first-order valence-corrected chi connectivity index (χ1v) is 10.6. The molecule has 1 heterocycles. The third-order valence-electron chi connectivity index (χ3n) is 4.65. The summed E-state index contributed by atoms with van der Waals surface area (Å²) in [5.41, 5.74) is 1.57. The number of fused-ring (bicyclic) bond motifs is 1. The molecule has 7 heteroatoms. The van der Waals surface area contributed by atoms with Gasteiger partial charge in [0, 0.05) is 23.7 Å². The Balaban J connectivity index is 1.58. The highest BCUT2D eigenvalue weighted by Gasteiger charge is 2.27. The third-order valence-corrected chi connectivity index (χ3v) is 5.70. The van der Waals surface area contributed by atoms with Crippen LogP contribution in [0.25, 0.3) is 0 Å². The molecule has 0 unspecified atom stereocenters. The number of esters is 1. The number of rotatable bonds is 7. The molecule has 0 aliphatic carbocycles. The largest absolute Gasteiger partial charge is 0.452 e. The molecule has 152 valence electrons. The van der Waals surface area contributed by atoms with Gasteiger partial charge in [-0.2, -0.15) is 0 Å². The number of anilines is 2. The standard InChI is InChI=1S/C22H24N2O4S/c1-3-23(17-9-5-4-6-10-17)22(27)16(2)28-21(26)13-14-24-18-11-7-8-12-19(18)29-15-20(24)25/h4-12,16H,3,13-15H2,1-2H3/t16-/m0/s1. The van der Waals surface area contributed by atoms with E-state index in [1.165, 1.54) is 11.8 Å². The number of ether oxygens (including phenoxy) is 1. The summed E-state index contributed by atoms with van der Waals surface area (Å²) >= 11 is 1.50. The lowest BCUT2D eigenvalue weighted by Gasteiger charge is -2.29. The molecule has 0 spiro atoms. The van der Waals surface area contributed by atoms with Gasteiger partial charge in [-0.25, -0.2) is 0 Å². The van der Waals surface area contributed by atoms with E-state index in [9.17, 15) is 14.4 Å². The molecule has 1 atom stereocenters. The SMILES string of the molecule is CCN(C(=O)[C@H](C)OC(=O)CCN1C(=O)CSc2ccccc21)c1ccccc1. The number of para-hydroxylation sites is 2. The maximum absolute atomic E-state index is 12.7. The Hall–Kier alpha value is -2.80. The summed E-state index contributed by atoms with van der Waals surface area (Å²) in [6.45, 7) is 4.15. The Morgan fingerprint density at radius 2 is 1.83 bits per heavy atom. The molecule has 0 radical (unpaired) electrons. The number of likely N-dealkylation sites (N-methyl/N-ethyl adjacent to an activating group) is 1. The van der Waals surface area contributed by atoms with Gasteiger partial charge in [-0.05, 0) is 38.1 Å². The third kappa shape index (κ3) is 4.98. The zero-order chi connectivity index (χ0) is 20.8. The van der Waals surface area contributed by atoms with E-state index < -0.39 is 12.1 Å². The van der Waals surface area contributed by atoms with E-state index in [-0.39, 0.29) is 24.8 Å². The van der Waals surface area contributed by atoms with Crippen molar-refractivity contribution >= 4 is 40.9 Å². The summed E-state index contributed by atoms with van der Waals surface area (Å²) < 4.78 is 5.36. The van der Waals surface area contributed by atoms with Crippen molar-refractivity contribution in [3.63, 3.8) is 0 Å². The maximum atomic E-state index is 12.7. The van der Waals surface area contributed by atoms with Crippen LogP contribution in [0.5, 0.6) is 0 Å². The van der Waals surface area contributed by atoms with Crippen molar-refractivity contribution in [1.29, 1.82) is 0 Å². The van der Waals surface area contributed by atoms with Gasteiger partial charge in [-0.3, -0.25) is 14.4 Å². The van der Waals surface area contributed by atoms with Crippen LogP contribution in [0.2, 0.25) is 0 Å². The zero-order valence-electron chi connectivity index (χ0n) is 16.5. The van der Waals surface area contributed by atoms with E-state index in [0.29, 0.717) is 12.3 Å². The molecule has 2 amide bonds. The van der Waals surface area contributed by atoms with Gasteiger partial charge in [-0.15, -0.1) is 11.8 Å². The molecule has 0 N–H and O–H groups in total. The van der Waals surface area contributed by atoms with Crippen LogP contribution in [0.3, 0.4) is 0 Å². The summed E-state index contributed by atoms with van der Waals surface area (Å²) in [5, 5.41) is 0. The minimum absolute atomic E-state index is 0.0276. The lowest BCUT2D eigenvalue weighted by Crippen LogP contribution is -2.41. The predicted octanol–water partition coefficient (Wildman–Crippen LogP) is 3.50. The van der Waals surface area contributed by atoms with Crippen molar-refractivity contribution < 1.29 is 19.1 Å². The van der Waals surface area contributed by atoms with Crippen molar-refractivity contribution in [1.82, 2.24) is 0 Å². The Kier molecular flexibility index (Phi) is 6.93. The number of carbonyl (C=O) groups excluding carboxylic acids is 3. The molecule has 3 rings (SSSR count). The molecular formula is C22H24N2O4S. The second kappa shape index (κ2) is 9.60. The molecule has 2 aromatic rings. The highest BCUT2D eigenvalue weighted by molar-refractivity contribution is 8.00. The highest BCUT2D eigenvalue weighted by atomic mass is 32.2. The lowest BCUT2D eigenvalue weighted by atomic mass is 10.2. The first kappa shape index (κ1) is 20.9. The topological polar surface area (TPSA) is 66.9 Å². The van der Waals surface area contributed by atoms with Gasteiger partial charge < -0.3 is 14.5 Å². The normalized spacial score (nSPS) is 14.1. The Morgan fingerprint density at radius 1 is 1.14 bits per heavy atom. The number of thioether (sulfide) groups is 1. The average Bonchev–Trinajstić information content (AvgIpc) is 2.74. The van der Waals surface area contributed by atoms with Gasteiger partial charge in [0.2, 0.25) is 5.91 Å². The van der Waals surface area contributed by atoms with Crippen molar-refractivity contribution in [2.24, 2.45) is 0 Å². The van der Waals surface area contributed by atoms with E-state index in [1.807, 2.05) is 61.5 Å². The molecule has 0 saturated heterocycles. The van der Waals surface area contributed by atoms with E-state index >= 15 is 0 Å². The van der Waals surface area contributed by atoms with Gasteiger partial charge >= 0.3 is 5.97 Å². The molecule has 6 nitrogen and oxygen atoms in total. The van der Waals surface area contributed by atoms with Gasteiger partial charge in [-0.1, -0.05) is 30.3 Å². The van der Waals surface area contributed by atoms with Crippen LogP contribution in [0, 0.1) is 0 Å². The van der Waals surface area contributed by atoms with Gasteiger partial charge in [0.05, 0.1) is 17.9 Å². The van der Waals surface area contributed by atoms with Crippen LogP contribution in [0.1, 0.15) is 20.3 Å². The Labute approximate surface area is 174 Å². The van der Waals surface area contributed by atoms with Crippen LogP contribution >= 0.6 is 11.8 Å². The molecular weight excluding hydrogens is 388 g/mol. The number of amides is 2. The smallest absolute Gasteiger partial charge is 0.308 e. The van der Waals surface area contributed by atoms with Crippen LogP contribution in [0.15, 0.2) is 59.5 Å². The first-order chi connectivity index (χ1) is 14.0. The van der Waals surface area contributed by atoms with E-state index in [2.05, 4.69) is 0 Å². The van der Waals surface area contributed by atoms with Crippen LogP contribution in [-0.2, 0) is 19.1 Å². The van der Waals surface area contributed by atoms with Crippen LogP contribution in [-0.4, -0.2) is 42.7 Å². The number of carbonyl (C=O) groups is 3. The summed E-state index contributed by atoms with van der Waals surface area (Å²) in [7, 11) is 0. The molecule has 1 aliphatic heterocycles. The number of benzene rings is 2. The average molecular weight is 413 g/mol. The van der Waals surface area contributed by atoms with Crippen molar-refractivity contribution in [3.05, 3.63) is 54.6 Å².